The summed E-state index contributed by atoms with van der Waals surface area (Å²) in [5.41, 5.74) is 0. The molecule has 0 bridgehead atoms. The fourth-order valence-corrected chi connectivity index (χ4v) is 8.68. The van der Waals surface area contributed by atoms with E-state index in [0.717, 1.165) is 128 Å². The quantitative estimate of drug-likeness (QED) is 0.0261. The third-order valence-electron chi connectivity index (χ3n) is 13.5. The molecule has 0 aromatic rings. The van der Waals surface area contributed by atoms with Gasteiger partial charge in [0.25, 0.3) is 0 Å². The van der Waals surface area contributed by atoms with Crippen molar-refractivity contribution in [1.82, 2.24) is 0 Å². The van der Waals surface area contributed by atoms with E-state index in [1.54, 1.807) is 0 Å². The van der Waals surface area contributed by atoms with Crippen molar-refractivity contribution in [2.45, 2.75) is 284 Å². The lowest BCUT2D eigenvalue weighted by Crippen LogP contribution is -2.30. The molecule has 81 heavy (non-hydrogen) atoms. The van der Waals surface area contributed by atoms with Crippen molar-refractivity contribution in [2.75, 3.05) is 13.2 Å². The number of ether oxygens (including phenoxy) is 3. The first-order valence-corrected chi connectivity index (χ1v) is 33.0. The van der Waals surface area contributed by atoms with E-state index in [1.165, 1.54) is 103 Å². The van der Waals surface area contributed by atoms with Gasteiger partial charge in [0.2, 0.25) is 0 Å². The molecule has 0 aliphatic heterocycles. The summed E-state index contributed by atoms with van der Waals surface area (Å²) >= 11 is 0. The molecule has 6 heteroatoms. The van der Waals surface area contributed by atoms with Crippen LogP contribution in [-0.4, -0.2) is 37.2 Å². The van der Waals surface area contributed by atoms with E-state index in [4.69, 9.17) is 14.2 Å². The molecule has 0 saturated carbocycles. The highest BCUT2D eigenvalue weighted by Crippen LogP contribution is 2.15. The fourth-order valence-electron chi connectivity index (χ4n) is 8.68. The van der Waals surface area contributed by atoms with E-state index in [-0.39, 0.29) is 31.6 Å². The first-order valence-electron chi connectivity index (χ1n) is 33.0. The maximum absolute atomic E-state index is 12.9. The van der Waals surface area contributed by atoms with E-state index in [2.05, 4.69) is 173 Å². The Morgan fingerprint density at radius 3 is 0.802 bits per heavy atom. The van der Waals surface area contributed by atoms with Crippen LogP contribution in [0.5, 0.6) is 0 Å². The molecule has 0 N–H and O–H groups in total. The summed E-state index contributed by atoms with van der Waals surface area (Å²) < 4.78 is 16.9. The largest absolute Gasteiger partial charge is 0.462 e. The normalized spacial score (nSPS) is 13.2. The van der Waals surface area contributed by atoms with Crippen molar-refractivity contribution >= 4 is 17.9 Å². The van der Waals surface area contributed by atoms with E-state index in [1.807, 2.05) is 6.08 Å². The highest BCUT2D eigenvalue weighted by Gasteiger charge is 2.19. The molecule has 0 rings (SSSR count). The van der Waals surface area contributed by atoms with Gasteiger partial charge in [0, 0.05) is 19.3 Å². The van der Waals surface area contributed by atoms with Crippen LogP contribution in [-0.2, 0) is 28.6 Å². The van der Waals surface area contributed by atoms with Crippen LogP contribution < -0.4 is 0 Å². The van der Waals surface area contributed by atoms with Crippen LogP contribution in [0.3, 0.4) is 0 Å². The molecule has 0 spiro atoms. The molecule has 456 valence electrons. The second-order valence-corrected chi connectivity index (χ2v) is 21.3. The van der Waals surface area contributed by atoms with E-state index in [9.17, 15) is 14.4 Å². The van der Waals surface area contributed by atoms with Crippen molar-refractivity contribution in [1.29, 1.82) is 0 Å². The summed E-state index contributed by atoms with van der Waals surface area (Å²) in [4.78, 5) is 38.3. The smallest absolute Gasteiger partial charge is 0.306 e. The van der Waals surface area contributed by atoms with E-state index >= 15 is 0 Å². The predicted octanol–water partition coefficient (Wildman–Crippen LogP) is 22.9. The minimum Gasteiger partial charge on any atom is -0.462 e. The van der Waals surface area contributed by atoms with Gasteiger partial charge in [-0.2, -0.15) is 0 Å². The number of esters is 3. The maximum Gasteiger partial charge on any atom is 0.306 e. The Labute approximate surface area is 499 Å². The number of rotatable bonds is 58. The molecule has 0 heterocycles. The van der Waals surface area contributed by atoms with Gasteiger partial charge < -0.3 is 14.2 Å². The Kier molecular flexibility index (Phi) is 63.4. The van der Waals surface area contributed by atoms with Gasteiger partial charge in [-0.05, 0) is 116 Å². The minimum absolute atomic E-state index is 0.115. The number of unbranched alkanes of at least 4 members (excludes halogenated alkanes) is 21. The topological polar surface area (TPSA) is 78.9 Å². The number of allylic oxidation sites excluding steroid dienone is 26. The third kappa shape index (κ3) is 65.7. The van der Waals surface area contributed by atoms with Gasteiger partial charge >= 0.3 is 17.9 Å². The Balaban J connectivity index is 4.46. The zero-order valence-electron chi connectivity index (χ0n) is 52.2. The monoisotopic (exact) mass is 1120 g/mol. The summed E-state index contributed by atoms with van der Waals surface area (Å²) in [6.07, 6.45) is 98.3. The SMILES string of the molecule is CC/C=C\C/C=C\C/C=C\C/C=C\C/C=C\C/C=C\C/C=C\CCCCCCCCCC(=O)OCC(COC(=O)CCCCCCCCCCCCCCCCC)OC(=O)CC/C=C\C/C=C\C/C=C\C/C=C\C/C=C\C/C=C\CC. The Hall–Kier alpha value is -4.97. The lowest BCUT2D eigenvalue weighted by Gasteiger charge is -2.18. The summed E-state index contributed by atoms with van der Waals surface area (Å²) in [5.74, 6) is -1.01. The van der Waals surface area contributed by atoms with Crippen LogP contribution in [0.1, 0.15) is 278 Å². The fraction of sp³-hybridized carbons (Fsp3) is 0.613. The summed E-state index contributed by atoms with van der Waals surface area (Å²) in [6.45, 7) is 6.35. The highest BCUT2D eigenvalue weighted by molar-refractivity contribution is 5.71. The van der Waals surface area contributed by atoms with Crippen LogP contribution in [0.25, 0.3) is 0 Å². The van der Waals surface area contributed by atoms with Crippen molar-refractivity contribution in [3.63, 3.8) is 0 Å². The van der Waals surface area contributed by atoms with E-state index < -0.39 is 12.1 Å². The average Bonchev–Trinajstić information content (AvgIpc) is 3.47. The predicted molar refractivity (Wildman–Crippen MR) is 352 cm³/mol. The summed E-state index contributed by atoms with van der Waals surface area (Å²) in [5, 5.41) is 0. The van der Waals surface area contributed by atoms with Crippen LogP contribution >= 0.6 is 0 Å². The highest BCUT2D eigenvalue weighted by atomic mass is 16.6. The number of hydrogen-bond donors (Lipinski definition) is 0. The van der Waals surface area contributed by atoms with E-state index in [0.29, 0.717) is 19.3 Å². The lowest BCUT2D eigenvalue weighted by atomic mass is 10.0. The molecule has 1 unspecified atom stereocenters. The maximum atomic E-state index is 12.9. The third-order valence-corrected chi connectivity index (χ3v) is 13.5. The van der Waals surface area contributed by atoms with Crippen LogP contribution in [0, 0.1) is 0 Å². The van der Waals surface area contributed by atoms with Gasteiger partial charge in [-0.15, -0.1) is 0 Å². The number of hydrogen-bond acceptors (Lipinski definition) is 6. The molecule has 0 aliphatic carbocycles. The van der Waals surface area contributed by atoms with Crippen molar-refractivity contribution in [3.05, 3.63) is 158 Å². The number of carbonyl (C=O) groups is 3. The number of carbonyl (C=O) groups excluding carboxylic acids is 3. The van der Waals surface area contributed by atoms with Gasteiger partial charge in [0.05, 0.1) is 0 Å². The average molecular weight is 1120 g/mol. The molecule has 0 aromatic carbocycles. The zero-order valence-corrected chi connectivity index (χ0v) is 52.2. The van der Waals surface area contributed by atoms with Crippen LogP contribution in [0.15, 0.2) is 158 Å². The second kappa shape index (κ2) is 67.5. The standard InChI is InChI=1S/C75H120O6/c1-4-7-10-13-16-19-22-25-28-30-32-33-34-35-36-37-38-39-40-41-43-44-47-50-53-56-59-62-65-68-74(77)80-71-72(70-79-73(76)67-64-61-58-55-52-49-46-27-24-21-18-15-12-9-6-3)81-75(78)69-66-63-60-57-54-51-48-45-42-31-29-26-23-20-17-14-11-8-5-2/h7-8,10-11,16-17,19-20,25-26,28-29,32-33,35-36,38-39,41-43,45,51,54,60,63,72H,4-6,9,12-15,18,21-24,27,30-31,34,37,40,44,46-50,52-53,55-59,61-62,64-71H2,1-3H3/b10-7-,11-8-,19-16-,20-17-,28-25-,29-26-,33-32-,36-35-,39-38-,43-41-,45-42-,54-51-,63-60-. The Morgan fingerprint density at radius 2 is 0.506 bits per heavy atom. The lowest BCUT2D eigenvalue weighted by molar-refractivity contribution is -0.166. The van der Waals surface area contributed by atoms with Crippen molar-refractivity contribution in [3.8, 4) is 0 Å². The molecular formula is C75H120O6. The van der Waals surface area contributed by atoms with Gasteiger partial charge in [-0.1, -0.05) is 301 Å². The second-order valence-electron chi connectivity index (χ2n) is 21.3. The van der Waals surface area contributed by atoms with Gasteiger partial charge in [-0.3, -0.25) is 14.4 Å². The molecular weight excluding hydrogens is 997 g/mol. The molecule has 0 aromatic heterocycles. The summed E-state index contributed by atoms with van der Waals surface area (Å²) in [7, 11) is 0. The molecule has 0 radical (unpaired) electrons. The first kappa shape index (κ1) is 76.0. The van der Waals surface area contributed by atoms with Crippen molar-refractivity contribution < 1.29 is 28.6 Å². The van der Waals surface area contributed by atoms with Gasteiger partial charge in [0.1, 0.15) is 13.2 Å². The van der Waals surface area contributed by atoms with Crippen LogP contribution in [0.2, 0.25) is 0 Å². The van der Waals surface area contributed by atoms with Crippen LogP contribution in [0.4, 0.5) is 0 Å². The molecule has 1 atom stereocenters. The Morgan fingerprint density at radius 1 is 0.259 bits per heavy atom. The summed E-state index contributed by atoms with van der Waals surface area (Å²) in [6, 6.07) is 0. The van der Waals surface area contributed by atoms with Gasteiger partial charge in [-0.25, -0.2) is 0 Å². The van der Waals surface area contributed by atoms with Gasteiger partial charge in [0.15, 0.2) is 6.10 Å². The van der Waals surface area contributed by atoms with Crippen molar-refractivity contribution in [2.24, 2.45) is 0 Å². The molecule has 0 aliphatic rings. The zero-order chi connectivity index (χ0) is 58.5. The molecule has 0 fully saturated rings. The molecule has 0 saturated heterocycles. The molecule has 6 nitrogen and oxygen atoms in total. The first-order chi connectivity index (χ1) is 40.0. The molecule has 0 amide bonds. The Bertz CT molecular complexity index is 1810. The minimum atomic E-state index is -0.830.